The van der Waals surface area contributed by atoms with Crippen LogP contribution in [0, 0.1) is 11.6 Å². The number of rotatable bonds is 9. The lowest BCUT2D eigenvalue weighted by Gasteiger charge is -2.18. The molecule has 0 saturated heterocycles. The number of nitrogens with one attached hydrogen (secondary N) is 1. The molecule has 1 aromatic carbocycles. The van der Waals surface area contributed by atoms with Gasteiger partial charge < -0.3 is 20.9 Å². The molecule has 0 saturated carbocycles. The van der Waals surface area contributed by atoms with Crippen LogP contribution in [0.1, 0.15) is 42.4 Å². The predicted octanol–water partition coefficient (Wildman–Crippen LogP) is 4.74. The Hall–Kier alpha value is -2.88. The summed E-state index contributed by atoms with van der Waals surface area (Å²) in [5, 5.41) is 13.4. The summed E-state index contributed by atoms with van der Waals surface area (Å²) in [6.45, 7) is 5.93. The van der Waals surface area contributed by atoms with Gasteiger partial charge in [0.2, 0.25) is 0 Å². The van der Waals surface area contributed by atoms with Crippen molar-refractivity contribution in [3.05, 3.63) is 64.9 Å². The minimum Gasteiger partial charge on any atom is -0.386 e. The molecule has 170 valence electrons. The molecule has 6 nitrogen and oxygen atoms in total. The zero-order valence-corrected chi connectivity index (χ0v) is 18.9. The van der Waals surface area contributed by atoms with E-state index in [0.29, 0.717) is 30.5 Å². The van der Waals surface area contributed by atoms with Crippen LogP contribution in [-0.2, 0) is 16.8 Å². The highest BCUT2D eigenvalue weighted by Gasteiger charge is 2.24. The maximum Gasteiger partial charge on any atom is 0.251 e. The summed E-state index contributed by atoms with van der Waals surface area (Å²) in [5.41, 5.74) is 4.79. The van der Waals surface area contributed by atoms with Gasteiger partial charge in [-0.3, -0.25) is 4.79 Å². The number of halogens is 2. The Kier molecular flexibility index (Phi) is 7.22. The fourth-order valence-electron chi connectivity index (χ4n) is 3.08. The SMILES string of the molecule is CCOCCc1cccc(Nc2sc(-c3c(F)cc(C(C)(C)O)cc3F)cc2C(N)=O)n1. The number of thiophene rings is 1. The summed E-state index contributed by atoms with van der Waals surface area (Å²) >= 11 is 0.986. The van der Waals surface area contributed by atoms with Gasteiger partial charge in [0.05, 0.1) is 23.3 Å². The Morgan fingerprint density at radius 3 is 2.53 bits per heavy atom. The molecular weight excluding hydrogens is 436 g/mol. The Labute approximate surface area is 189 Å². The Morgan fingerprint density at radius 1 is 1.25 bits per heavy atom. The number of aromatic nitrogens is 1. The first-order chi connectivity index (χ1) is 15.1. The van der Waals surface area contributed by atoms with Gasteiger partial charge in [0, 0.05) is 23.6 Å². The highest BCUT2D eigenvalue weighted by atomic mass is 32.1. The average molecular weight is 462 g/mol. The molecule has 2 aromatic heterocycles. The fourth-order valence-corrected chi connectivity index (χ4v) is 4.20. The molecule has 3 aromatic rings. The van der Waals surface area contributed by atoms with Gasteiger partial charge in [-0.15, -0.1) is 11.3 Å². The van der Waals surface area contributed by atoms with Crippen molar-refractivity contribution in [2.24, 2.45) is 5.73 Å². The van der Waals surface area contributed by atoms with E-state index in [4.69, 9.17) is 10.5 Å². The van der Waals surface area contributed by atoms with Crippen molar-refractivity contribution in [2.75, 3.05) is 18.5 Å². The molecule has 0 aliphatic carbocycles. The summed E-state index contributed by atoms with van der Waals surface area (Å²) in [6, 6.07) is 8.89. The summed E-state index contributed by atoms with van der Waals surface area (Å²) in [4.78, 5) is 16.7. The first-order valence-corrected chi connectivity index (χ1v) is 10.9. The number of benzene rings is 1. The third-order valence-electron chi connectivity index (χ3n) is 4.75. The molecule has 3 rings (SSSR count). The number of amides is 1. The molecule has 0 bridgehead atoms. The van der Waals surface area contributed by atoms with E-state index in [1.807, 2.05) is 19.1 Å². The van der Waals surface area contributed by atoms with Crippen LogP contribution < -0.4 is 11.1 Å². The number of carbonyl (C=O) groups is 1. The molecule has 0 aliphatic rings. The molecule has 0 atom stereocenters. The van der Waals surface area contributed by atoms with Crippen LogP contribution in [0.3, 0.4) is 0 Å². The topological polar surface area (TPSA) is 97.5 Å². The van der Waals surface area contributed by atoms with E-state index in [1.54, 1.807) is 6.07 Å². The smallest absolute Gasteiger partial charge is 0.251 e. The molecular formula is C23H25F2N3O3S. The molecule has 32 heavy (non-hydrogen) atoms. The van der Waals surface area contributed by atoms with E-state index < -0.39 is 23.1 Å². The molecule has 0 aliphatic heterocycles. The van der Waals surface area contributed by atoms with E-state index in [0.717, 1.165) is 29.2 Å². The molecule has 9 heteroatoms. The van der Waals surface area contributed by atoms with Gasteiger partial charge >= 0.3 is 0 Å². The monoisotopic (exact) mass is 461 g/mol. The zero-order chi connectivity index (χ0) is 23.5. The number of anilines is 2. The van der Waals surface area contributed by atoms with Crippen LogP contribution >= 0.6 is 11.3 Å². The van der Waals surface area contributed by atoms with Gasteiger partial charge in [-0.1, -0.05) is 6.07 Å². The standard InChI is InChI=1S/C23H25F2N3O3S/c1-4-31-9-8-14-6-5-7-19(27-14)28-22-15(21(26)29)12-18(32-22)20-16(24)10-13(11-17(20)25)23(2,3)30/h5-7,10-12,30H,4,8-9H2,1-3H3,(H2,26,29)(H,27,28). The van der Waals surface area contributed by atoms with E-state index in [9.17, 15) is 18.7 Å². The Balaban J connectivity index is 1.95. The lowest BCUT2D eigenvalue weighted by Crippen LogP contribution is -2.16. The van der Waals surface area contributed by atoms with E-state index in [2.05, 4.69) is 10.3 Å². The second kappa shape index (κ2) is 9.72. The number of nitrogens with zero attached hydrogens (tertiary/aromatic N) is 1. The first kappa shape index (κ1) is 23.8. The van der Waals surface area contributed by atoms with Crippen molar-refractivity contribution in [3.63, 3.8) is 0 Å². The lowest BCUT2D eigenvalue weighted by molar-refractivity contribution is 0.0778. The van der Waals surface area contributed by atoms with Crippen molar-refractivity contribution in [1.29, 1.82) is 0 Å². The van der Waals surface area contributed by atoms with Crippen LogP contribution in [0.2, 0.25) is 0 Å². The van der Waals surface area contributed by atoms with Gasteiger partial charge in [-0.2, -0.15) is 0 Å². The second-order valence-corrected chi connectivity index (χ2v) is 8.73. The molecule has 0 spiro atoms. The maximum atomic E-state index is 14.8. The minimum absolute atomic E-state index is 0.0943. The largest absolute Gasteiger partial charge is 0.386 e. The number of carbonyl (C=O) groups excluding carboxylic acids is 1. The molecule has 2 heterocycles. The number of nitrogens with two attached hydrogens (primary N) is 1. The average Bonchev–Trinajstić information content (AvgIpc) is 3.11. The van der Waals surface area contributed by atoms with Crippen molar-refractivity contribution < 1.29 is 23.4 Å². The number of primary amides is 1. The van der Waals surface area contributed by atoms with Crippen molar-refractivity contribution in [1.82, 2.24) is 4.98 Å². The molecule has 0 fully saturated rings. The summed E-state index contributed by atoms with van der Waals surface area (Å²) in [7, 11) is 0. The van der Waals surface area contributed by atoms with Gasteiger partial charge in [0.1, 0.15) is 22.5 Å². The molecule has 1 amide bonds. The summed E-state index contributed by atoms with van der Waals surface area (Å²) in [5.74, 6) is -1.96. The first-order valence-electron chi connectivity index (χ1n) is 10.1. The Morgan fingerprint density at radius 2 is 1.94 bits per heavy atom. The minimum atomic E-state index is -1.40. The third-order valence-corrected chi connectivity index (χ3v) is 5.82. The van der Waals surface area contributed by atoms with Gasteiger partial charge in [-0.05, 0) is 56.7 Å². The molecule has 4 N–H and O–H groups in total. The molecule has 0 unspecified atom stereocenters. The fraction of sp³-hybridized carbons (Fsp3) is 0.304. The lowest BCUT2D eigenvalue weighted by atomic mass is 9.96. The van der Waals surface area contributed by atoms with E-state index in [1.165, 1.54) is 19.9 Å². The van der Waals surface area contributed by atoms with Crippen LogP contribution in [0.4, 0.5) is 19.6 Å². The summed E-state index contributed by atoms with van der Waals surface area (Å²) < 4.78 is 34.9. The van der Waals surface area contributed by atoms with Crippen molar-refractivity contribution in [3.8, 4) is 10.4 Å². The van der Waals surface area contributed by atoms with Crippen LogP contribution in [-0.4, -0.2) is 29.2 Å². The number of hydrogen-bond acceptors (Lipinski definition) is 6. The number of aliphatic hydroxyl groups is 1. The summed E-state index contributed by atoms with van der Waals surface area (Å²) in [6.07, 6.45) is 0.617. The highest BCUT2D eigenvalue weighted by molar-refractivity contribution is 7.20. The van der Waals surface area contributed by atoms with Crippen LogP contribution in [0.25, 0.3) is 10.4 Å². The van der Waals surface area contributed by atoms with E-state index >= 15 is 0 Å². The third kappa shape index (κ3) is 5.48. The zero-order valence-electron chi connectivity index (χ0n) is 18.0. The number of pyridine rings is 1. The van der Waals surface area contributed by atoms with Crippen LogP contribution in [0.15, 0.2) is 36.4 Å². The number of ether oxygens (including phenoxy) is 1. The highest BCUT2D eigenvalue weighted by Crippen LogP contribution is 2.40. The second-order valence-electron chi connectivity index (χ2n) is 7.68. The molecule has 0 radical (unpaired) electrons. The normalized spacial score (nSPS) is 11.6. The van der Waals surface area contributed by atoms with Crippen molar-refractivity contribution >= 4 is 28.1 Å². The van der Waals surface area contributed by atoms with E-state index in [-0.39, 0.29) is 21.6 Å². The predicted molar refractivity (Wildman–Crippen MR) is 121 cm³/mol. The van der Waals surface area contributed by atoms with Gasteiger partial charge in [0.15, 0.2) is 0 Å². The van der Waals surface area contributed by atoms with Crippen LogP contribution in [0.5, 0.6) is 0 Å². The van der Waals surface area contributed by atoms with Gasteiger partial charge in [0.25, 0.3) is 5.91 Å². The maximum absolute atomic E-state index is 14.8. The Bertz CT molecular complexity index is 1100. The van der Waals surface area contributed by atoms with Crippen molar-refractivity contribution in [2.45, 2.75) is 32.8 Å². The quantitative estimate of drug-likeness (QED) is 0.400. The van der Waals surface area contributed by atoms with Gasteiger partial charge in [-0.25, -0.2) is 13.8 Å². The number of hydrogen-bond donors (Lipinski definition) is 3.